The first-order valence-corrected chi connectivity index (χ1v) is 8.02. The molecule has 0 aromatic heterocycles. The summed E-state index contributed by atoms with van der Waals surface area (Å²) in [6.45, 7) is 8.20. The number of benzene rings is 2. The molecule has 0 unspecified atom stereocenters. The van der Waals surface area contributed by atoms with Gasteiger partial charge in [0, 0.05) is 0 Å². The highest BCUT2D eigenvalue weighted by Gasteiger charge is 2.17. The summed E-state index contributed by atoms with van der Waals surface area (Å²) >= 11 is 0. The minimum absolute atomic E-state index is 0.0887. The number of rotatable bonds is 5. The number of para-hydroxylation sites is 2. The van der Waals surface area contributed by atoms with Crippen molar-refractivity contribution >= 4 is 11.6 Å². The van der Waals surface area contributed by atoms with Crippen LogP contribution >= 0.6 is 0 Å². The Kier molecular flexibility index (Phi) is 5.50. The van der Waals surface area contributed by atoms with Gasteiger partial charge in [0.25, 0.3) is 5.91 Å². The Bertz CT molecular complexity index is 687. The van der Waals surface area contributed by atoms with E-state index < -0.39 is 6.10 Å². The highest BCUT2D eigenvalue weighted by Crippen LogP contribution is 2.25. The van der Waals surface area contributed by atoms with E-state index in [-0.39, 0.29) is 11.3 Å². The van der Waals surface area contributed by atoms with Crippen LogP contribution in [-0.4, -0.2) is 19.1 Å². The topological polar surface area (TPSA) is 47.6 Å². The third-order valence-corrected chi connectivity index (χ3v) is 3.77. The lowest BCUT2D eigenvalue weighted by Crippen LogP contribution is -2.30. The molecule has 0 saturated heterocycles. The molecule has 0 aliphatic heterocycles. The van der Waals surface area contributed by atoms with Gasteiger partial charge in [-0.25, -0.2) is 0 Å². The number of amides is 1. The van der Waals surface area contributed by atoms with Crippen LogP contribution in [0.1, 0.15) is 33.3 Å². The van der Waals surface area contributed by atoms with E-state index in [0.29, 0.717) is 17.2 Å². The lowest BCUT2D eigenvalue weighted by atomic mass is 9.87. The Balaban J connectivity index is 2.01. The van der Waals surface area contributed by atoms with Gasteiger partial charge in [0.05, 0.1) is 12.8 Å². The highest BCUT2D eigenvalue weighted by molar-refractivity contribution is 5.95. The van der Waals surface area contributed by atoms with E-state index in [0.717, 1.165) is 0 Å². The van der Waals surface area contributed by atoms with Gasteiger partial charge in [-0.15, -0.1) is 0 Å². The van der Waals surface area contributed by atoms with Gasteiger partial charge in [-0.3, -0.25) is 4.79 Å². The monoisotopic (exact) mass is 327 g/mol. The molecule has 0 aliphatic carbocycles. The fourth-order valence-electron chi connectivity index (χ4n) is 2.27. The van der Waals surface area contributed by atoms with Gasteiger partial charge in [-0.2, -0.15) is 0 Å². The van der Waals surface area contributed by atoms with E-state index in [1.54, 1.807) is 26.2 Å². The van der Waals surface area contributed by atoms with E-state index >= 15 is 0 Å². The number of hydrogen-bond donors (Lipinski definition) is 1. The molecule has 0 radical (unpaired) electrons. The number of carbonyl (C=O) groups is 1. The molecule has 2 aromatic carbocycles. The Morgan fingerprint density at radius 1 is 1.04 bits per heavy atom. The molecule has 2 aromatic rings. The summed E-state index contributed by atoms with van der Waals surface area (Å²) in [6, 6.07) is 15.1. The average Bonchev–Trinajstić information content (AvgIpc) is 2.55. The molecule has 1 N–H and O–H groups in total. The molecule has 1 atom stereocenters. The summed E-state index contributed by atoms with van der Waals surface area (Å²) in [5.41, 5.74) is 1.94. The molecule has 0 saturated carbocycles. The summed E-state index contributed by atoms with van der Waals surface area (Å²) in [5, 5.41) is 2.83. The summed E-state index contributed by atoms with van der Waals surface area (Å²) in [6.07, 6.45) is -0.615. The van der Waals surface area contributed by atoms with Crippen molar-refractivity contribution in [3.8, 4) is 11.5 Å². The third kappa shape index (κ3) is 4.51. The van der Waals surface area contributed by atoms with Crippen LogP contribution in [0.4, 0.5) is 5.69 Å². The average molecular weight is 327 g/mol. The maximum atomic E-state index is 12.3. The van der Waals surface area contributed by atoms with E-state index in [1.165, 1.54) is 5.56 Å². The summed E-state index contributed by atoms with van der Waals surface area (Å²) in [7, 11) is 1.57. The molecule has 1 amide bonds. The zero-order chi connectivity index (χ0) is 17.7. The van der Waals surface area contributed by atoms with Crippen molar-refractivity contribution in [3.05, 3.63) is 54.1 Å². The van der Waals surface area contributed by atoms with Crippen LogP contribution in [0.3, 0.4) is 0 Å². The molecule has 2 rings (SSSR count). The molecule has 0 fully saturated rings. The van der Waals surface area contributed by atoms with Gasteiger partial charge in [0.15, 0.2) is 6.10 Å². The number of hydrogen-bond acceptors (Lipinski definition) is 3. The van der Waals surface area contributed by atoms with Crippen molar-refractivity contribution in [3.63, 3.8) is 0 Å². The molecular weight excluding hydrogens is 302 g/mol. The second kappa shape index (κ2) is 7.39. The Hall–Kier alpha value is -2.49. The fourth-order valence-corrected chi connectivity index (χ4v) is 2.27. The number of methoxy groups -OCH3 is 1. The summed E-state index contributed by atoms with van der Waals surface area (Å²) < 4.78 is 11.0. The van der Waals surface area contributed by atoms with Crippen LogP contribution in [0, 0.1) is 0 Å². The molecule has 0 heterocycles. The van der Waals surface area contributed by atoms with Gasteiger partial charge >= 0.3 is 0 Å². The van der Waals surface area contributed by atoms with Crippen molar-refractivity contribution in [2.45, 2.75) is 39.2 Å². The normalized spacial score (nSPS) is 12.4. The maximum Gasteiger partial charge on any atom is 0.265 e. The number of anilines is 1. The van der Waals surface area contributed by atoms with Crippen molar-refractivity contribution in [1.29, 1.82) is 0 Å². The Morgan fingerprint density at radius 3 is 2.25 bits per heavy atom. The standard InChI is InChI=1S/C20H25NO3/c1-14(19(22)21-17-8-6-7-9-18(17)23-5)24-16-12-10-15(11-13-16)20(2,3)4/h6-14H,1-5H3,(H,21,22)/t14-/m0/s1. The van der Waals surface area contributed by atoms with Gasteiger partial charge in [-0.1, -0.05) is 45.0 Å². The fraction of sp³-hybridized carbons (Fsp3) is 0.350. The third-order valence-electron chi connectivity index (χ3n) is 3.77. The molecule has 0 bridgehead atoms. The van der Waals surface area contributed by atoms with Crippen molar-refractivity contribution in [2.75, 3.05) is 12.4 Å². The van der Waals surface area contributed by atoms with Gasteiger partial charge in [-0.05, 0) is 42.2 Å². The largest absolute Gasteiger partial charge is 0.495 e. The second-order valence-corrected chi connectivity index (χ2v) is 6.72. The molecule has 4 heteroatoms. The first kappa shape index (κ1) is 17.9. The van der Waals surface area contributed by atoms with Crippen molar-refractivity contribution in [2.24, 2.45) is 0 Å². The number of nitrogens with one attached hydrogen (secondary N) is 1. The zero-order valence-electron chi connectivity index (χ0n) is 14.9. The van der Waals surface area contributed by atoms with Crippen LogP contribution in [0.15, 0.2) is 48.5 Å². The Labute approximate surface area is 143 Å². The molecular formula is C20H25NO3. The van der Waals surface area contributed by atoms with E-state index in [4.69, 9.17) is 9.47 Å². The minimum Gasteiger partial charge on any atom is -0.495 e. The SMILES string of the molecule is COc1ccccc1NC(=O)[C@H](C)Oc1ccc(C(C)(C)C)cc1. The number of carbonyl (C=O) groups excluding carboxylic acids is 1. The molecule has 0 aliphatic rings. The lowest BCUT2D eigenvalue weighted by Gasteiger charge is -2.20. The molecule has 24 heavy (non-hydrogen) atoms. The first-order valence-electron chi connectivity index (χ1n) is 8.02. The van der Waals surface area contributed by atoms with Crippen molar-refractivity contribution in [1.82, 2.24) is 0 Å². The summed E-state index contributed by atoms with van der Waals surface area (Å²) in [4.78, 5) is 12.3. The second-order valence-electron chi connectivity index (χ2n) is 6.72. The van der Waals surface area contributed by atoms with Crippen LogP contribution in [0.5, 0.6) is 11.5 Å². The lowest BCUT2D eigenvalue weighted by molar-refractivity contribution is -0.122. The predicted octanol–water partition coefficient (Wildman–Crippen LogP) is 4.40. The zero-order valence-corrected chi connectivity index (χ0v) is 14.9. The predicted molar refractivity (Wildman–Crippen MR) is 96.9 cm³/mol. The summed E-state index contributed by atoms with van der Waals surface area (Å²) in [5.74, 6) is 1.07. The van der Waals surface area contributed by atoms with Gasteiger partial charge in [0.1, 0.15) is 11.5 Å². The molecule has 0 spiro atoms. The van der Waals surface area contributed by atoms with Gasteiger partial charge in [0.2, 0.25) is 0 Å². The minimum atomic E-state index is -0.615. The van der Waals surface area contributed by atoms with Crippen LogP contribution < -0.4 is 14.8 Å². The smallest absolute Gasteiger partial charge is 0.265 e. The quantitative estimate of drug-likeness (QED) is 0.885. The van der Waals surface area contributed by atoms with Crippen LogP contribution in [0.2, 0.25) is 0 Å². The molecule has 128 valence electrons. The maximum absolute atomic E-state index is 12.3. The van der Waals surface area contributed by atoms with Crippen LogP contribution in [0.25, 0.3) is 0 Å². The Morgan fingerprint density at radius 2 is 1.67 bits per heavy atom. The molecule has 4 nitrogen and oxygen atoms in total. The van der Waals surface area contributed by atoms with Crippen molar-refractivity contribution < 1.29 is 14.3 Å². The van der Waals surface area contributed by atoms with E-state index in [2.05, 4.69) is 26.1 Å². The highest BCUT2D eigenvalue weighted by atomic mass is 16.5. The number of ether oxygens (including phenoxy) is 2. The van der Waals surface area contributed by atoms with E-state index in [1.807, 2.05) is 36.4 Å². The van der Waals surface area contributed by atoms with E-state index in [9.17, 15) is 4.79 Å². The first-order chi connectivity index (χ1) is 11.3. The van der Waals surface area contributed by atoms with Gasteiger partial charge < -0.3 is 14.8 Å². The van der Waals surface area contributed by atoms with Crippen LogP contribution in [-0.2, 0) is 10.2 Å².